The average Bonchev–Trinajstić information content (AvgIpc) is 2.20. The van der Waals surface area contributed by atoms with Gasteiger partial charge in [0.15, 0.2) is 0 Å². The van der Waals surface area contributed by atoms with Crippen molar-refractivity contribution in [3.8, 4) is 0 Å². The predicted molar refractivity (Wildman–Crippen MR) is 55.3 cm³/mol. The summed E-state index contributed by atoms with van der Waals surface area (Å²) in [6.07, 6.45) is 5.04. The number of aliphatic hydroxyl groups is 1. The summed E-state index contributed by atoms with van der Waals surface area (Å²) in [7, 11) is 0. The summed E-state index contributed by atoms with van der Waals surface area (Å²) in [5.74, 6) is -0.205. The van der Waals surface area contributed by atoms with Crippen LogP contribution in [0.5, 0.6) is 0 Å². The fourth-order valence-electron chi connectivity index (χ4n) is 3.36. The molecule has 2 rings (SSSR count). The fraction of sp³-hybridized carbons (Fsp3) is 0.833. The van der Waals surface area contributed by atoms with E-state index in [-0.39, 0.29) is 11.7 Å². The maximum absolute atomic E-state index is 11.9. The highest BCUT2D eigenvalue weighted by Gasteiger charge is 2.58. The summed E-state index contributed by atoms with van der Waals surface area (Å²) in [4.78, 5) is 22.9. The van der Waals surface area contributed by atoms with E-state index in [0.29, 0.717) is 12.8 Å². The van der Waals surface area contributed by atoms with Crippen LogP contribution in [0, 0.1) is 11.3 Å². The van der Waals surface area contributed by atoms with E-state index in [2.05, 4.69) is 0 Å². The second-order valence-electron chi connectivity index (χ2n) is 5.17. The molecule has 15 heavy (non-hydrogen) atoms. The van der Waals surface area contributed by atoms with E-state index in [0.717, 1.165) is 32.0 Å². The number of Topliss-reactive ketones (excluding diaryl/α,β-unsaturated/α-hetero) is 1. The Morgan fingerprint density at radius 1 is 1.40 bits per heavy atom. The lowest BCUT2D eigenvalue weighted by Crippen LogP contribution is -2.60. The van der Waals surface area contributed by atoms with Gasteiger partial charge in [0, 0.05) is 12.3 Å². The van der Waals surface area contributed by atoms with Gasteiger partial charge in [-0.25, -0.2) is 0 Å². The summed E-state index contributed by atoms with van der Waals surface area (Å²) >= 11 is 0. The third-order valence-corrected chi connectivity index (χ3v) is 4.50. The normalized spacial score (nSPS) is 46.0. The topological polar surface area (TPSA) is 54.4 Å². The molecule has 84 valence electrons. The van der Waals surface area contributed by atoms with Crippen LogP contribution >= 0.6 is 0 Å². The molecule has 0 spiro atoms. The lowest BCUT2D eigenvalue weighted by molar-refractivity contribution is -0.179. The number of fused-ring (bicyclic) bond motifs is 1. The molecule has 3 heteroatoms. The van der Waals surface area contributed by atoms with Gasteiger partial charge in [0.1, 0.15) is 12.1 Å². The minimum absolute atomic E-state index is 0.141. The van der Waals surface area contributed by atoms with E-state index in [9.17, 15) is 14.7 Å². The SMILES string of the molecule is C[C@]12CCCC(C=O)[C@@]1(O)CCCC2=O. The van der Waals surface area contributed by atoms with Crippen molar-refractivity contribution in [2.45, 2.75) is 51.0 Å². The van der Waals surface area contributed by atoms with Crippen LogP contribution in [-0.4, -0.2) is 22.8 Å². The number of carbonyl (C=O) groups excluding carboxylic acids is 2. The van der Waals surface area contributed by atoms with Crippen molar-refractivity contribution in [3.63, 3.8) is 0 Å². The van der Waals surface area contributed by atoms with E-state index < -0.39 is 11.0 Å². The molecule has 0 saturated heterocycles. The molecule has 2 saturated carbocycles. The van der Waals surface area contributed by atoms with E-state index in [4.69, 9.17) is 0 Å². The third kappa shape index (κ3) is 1.29. The molecule has 2 aliphatic rings. The maximum atomic E-state index is 11.9. The summed E-state index contributed by atoms with van der Waals surface area (Å²) in [6.45, 7) is 1.84. The molecule has 2 fully saturated rings. The standard InChI is InChI=1S/C12H18O3/c1-11-6-2-4-9(8-13)12(11,15)7-3-5-10(11)14/h8-9,15H,2-7H2,1H3/t9?,11-,12+/m1/s1. The van der Waals surface area contributed by atoms with Gasteiger partial charge < -0.3 is 9.90 Å². The fourth-order valence-corrected chi connectivity index (χ4v) is 3.36. The predicted octanol–water partition coefficient (Wildman–Crippen LogP) is 1.48. The summed E-state index contributed by atoms with van der Waals surface area (Å²) in [6, 6.07) is 0. The monoisotopic (exact) mass is 210 g/mol. The molecular weight excluding hydrogens is 192 g/mol. The molecule has 1 unspecified atom stereocenters. The smallest absolute Gasteiger partial charge is 0.141 e. The third-order valence-electron chi connectivity index (χ3n) is 4.50. The van der Waals surface area contributed by atoms with E-state index >= 15 is 0 Å². The van der Waals surface area contributed by atoms with Gasteiger partial charge in [-0.05, 0) is 32.6 Å². The molecule has 1 N–H and O–H groups in total. The van der Waals surface area contributed by atoms with Crippen LogP contribution in [0.15, 0.2) is 0 Å². The molecule has 0 aromatic heterocycles. The van der Waals surface area contributed by atoms with E-state index in [1.165, 1.54) is 0 Å². The number of ketones is 1. The molecule has 0 heterocycles. The quantitative estimate of drug-likeness (QED) is 0.667. The number of hydrogen-bond donors (Lipinski definition) is 1. The van der Waals surface area contributed by atoms with Crippen LogP contribution in [0.4, 0.5) is 0 Å². The number of carbonyl (C=O) groups is 2. The Morgan fingerprint density at radius 2 is 2.13 bits per heavy atom. The van der Waals surface area contributed by atoms with Gasteiger partial charge in [0.2, 0.25) is 0 Å². The van der Waals surface area contributed by atoms with Crippen LogP contribution in [-0.2, 0) is 9.59 Å². The average molecular weight is 210 g/mol. The zero-order valence-electron chi connectivity index (χ0n) is 9.16. The highest BCUT2D eigenvalue weighted by molar-refractivity contribution is 5.87. The molecule has 0 radical (unpaired) electrons. The van der Waals surface area contributed by atoms with Gasteiger partial charge in [0.25, 0.3) is 0 Å². The van der Waals surface area contributed by atoms with Gasteiger partial charge in [-0.3, -0.25) is 4.79 Å². The van der Waals surface area contributed by atoms with Crippen LogP contribution < -0.4 is 0 Å². The lowest BCUT2D eigenvalue weighted by Gasteiger charge is -2.53. The maximum Gasteiger partial charge on any atom is 0.141 e. The molecule has 0 bridgehead atoms. The molecule has 3 atom stereocenters. The van der Waals surface area contributed by atoms with Crippen molar-refractivity contribution in [1.29, 1.82) is 0 Å². The van der Waals surface area contributed by atoms with Crippen molar-refractivity contribution >= 4 is 12.1 Å². The Kier molecular flexibility index (Phi) is 2.45. The zero-order chi connectivity index (χ0) is 11.1. The van der Waals surface area contributed by atoms with Crippen molar-refractivity contribution < 1.29 is 14.7 Å². The Hall–Kier alpha value is -0.700. The summed E-state index contributed by atoms with van der Waals surface area (Å²) in [5, 5.41) is 10.6. The van der Waals surface area contributed by atoms with Crippen LogP contribution in [0.25, 0.3) is 0 Å². The minimum Gasteiger partial charge on any atom is -0.388 e. The van der Waals surface area contributed by atoms with Gasteiger partial charge in [0.05, 0.1) is 11.0 Å². The van der Waals surface area contributed by atoms with E-state index in [1.54, 1.807) is 0 Å². The number of rotatable bonds is 1. The molecule has 3 nitrogen and oxygen atoms in total. The van der Waals surface area contributed by atoms with Gasteiger partial charge >= 0.3 is 0 Å². The van der Waals surface area contributed by atoms with Crippen molar-refractivity contribution in [1.82, 2.24) is 0 Å². The van der Waals surface area contributed by atoms with Crippen molar-refractivity contribution in [2.75, 3.05) is 0 Å². The van der Waals surface area contributed by atoms with Gasteiger partial charge in [-0.15, -0.1) is 0 Å². The first kappa shape index (κ1) is 10.8. The highest BCUT2D eigenvalue weighted by Crippen LogP contribution is 2.53. The van der Waals surface area contributed by atoms with Crippen LogP contribution in [0.3, 0.4) is 0 Å². The second kappa shape index (κ2) is 3.41. The molecule has 0 amide bonds. The summed E-state index contributed by atoms with van der Waals surface area (Å²) < 4.78 is 0. The molecule has 0 aliphatic heterocycles. The van der Waals surface area contributed by atoms with Gasteiger partial charge in [-0.2, -0.15) is 0 Å². The Morgan fingerprint density at radius 3 is 2.80 bits per heavy atom. The highest BCUT2D eigenvalue weighted by atomic mass is 16.3. The Balaban J connectivity index is 2.41. The zero-order valence-corrected chi connectivity index (χ0v) is 9.16. The number of hydrogen-bond acceptors (Lipinski definition) is 3. The van der Waals surface area contributed by atoms with E-state index in [1.807, 2.05) is 6.92 Å². The van der Waals surface area contributed by atoms with Gasteiger partial charge in [-0.1, -0.05) is 6.42 Å². The molecule has 0 aromatic rings. The first-order valence-corrected chi connectivity index (χ1v) is 5.75. The van der Waals surface area contributed by atoms with Crippen LogP contribution in [0.2, 0.25) is 0 Å². The van der Waals surface area contributed by atoms with Crippen LogP contribution in [0.1, 0.15) is 45.4 Å². The Labute approximate surface area is 89.9 Å². The van der Waals surface area contributed by atoms with Crippen molar-refractivity contribution in [2.24, 2.45) is 11.3 Å². The number of aldehydes is 1. The largest absolute Gasteiger partial charge is 0.388 e. The lowest BCUT2D eigenvalue weighted by atomic mass is 9.53. The Bertz CT molecular complexity index is 299. The first-order chi connectivity index (χ1) is 7.04. The second-order valence-corrected chi connectivity index (χ2v) is 5.17. The van der Waals surface area contributed by atoms with Crippen molar-refractivity contribution in [3.05, 3.63) is 0 Å². The minimum atomic E-state index is -1.07. The molecule has 2 aliphatic carbocycles. The molecular formula is C12H18O3. The first-order valence-electron chi connectivity index (χ1n) is 5.75. The summed E-state index contributed by atoms with van der Waals surface area (Å²) in [5.41, 5.74) is -1.74. The molecule has 0 aromatic carbocycles.